The maximum Gasteiger partial charge on any atom is 0.107 e. The quantitative estimate of drug-likeness (QED) is 0.572. The number of benzene rings is 1. The summed E-state index contributed by atoms with van der Waals surface area (Å²) in [5, 5.41) is 8.36. The summed E-state index contributed by atoms with van der Waals surface area (Å²) in [6.07, 6.45) is 1.05. The molecule has 72 valence electrons. The van der Waals surface area contributed by atoms with Crippen molar-refractivity contribution < 1.29 is 10.1 Å². The standard InChI is InChI=1S/C11H16O2/c1-4-10-5-6-11(7-13-12)9(3)8(10)2/h5-6,12H,4,7H2,1-3H3. The Morgan fingerprint density at radius 1 is 1.15 bits per heavy atom. The highest BCUT2D eigenvalue weighted by Gasteiger charge is 2.04. The van der Waals surface area contributed by atoms with E-state index in [0.717, 1.165) is 12.0 Å². The van der Waals surface area contributed by atoms with Crippen molar-refractivity contribution in [2.75, 3.05) is 0 Å². The molecule has 0 aliphatic carbocycles. The Hall–Kier alpha value is -0.860. The van der Waals surface area contributed by atoms with Crippen molar-refractivity contribution in [2.24, 2.45) is 0 Å². The lowest BCUT2D eigenvalue weighted by molar-refractivity contribution is -0.253. The highest BCUT2D eigenvalue weighted by Crippen LogP contribution is 2.18. The molecule has 2 nitrogen and oxygen atoms in total. The van der Waals surface area contributed by atoms with Gasteiger partial charge in [-0.1, -0.05) is 19.1 Å². The molecule has 0 unspecified atom stereocenters. The Morgan fingerprint density at radius 3 is 2.23 bits per heavy atom. The first-order valence-corrected chi connectivity index (χ1v) is 4.55. The molecule has 0 aromatic heterocycles. The van der Waals surface area contributed by atoms with Crippen LogP contribution in [-0.4, -0.2) is 5.26 Å². The van der Waals surface area contributed by atoms with Crippen LogP contribution in [0.3, 0.4) is 0 Å². The molecule has 0 bridgehead atoms. The molecule has 13 heavy (non-hydrogen) atoms. The molecule has 1 aromatic rings. The normalized spacial score (nSPS) is 10.5. The summed E-state index contributed by atoms with van der Waals surface area (Å²) in [6, 6.07) is 4.11. The smallest absolute Gasteiger partial charge is 0.107 e. The van der Waals surface area contributed by atoms with Gasteiger partial charge >= 0.3 is 0 Å². The van der Waals surface area contributed by atoms with Crippen LogP contribution >= 0.6 is 0 Å². The molecule has 0 saturated heterocycles. The summed E-state index contributed by atoms with van der Waals surface area (Å²) in [4.78, 5) is 4.14. The van der Waals surface area contributed by atoms with Crippen molar-refractivity contribution in [3.05, 3.63) is 34.4 Å². The van der Waals surface area contributed by atoms with Gasteiger partial charge in [0.1, 0.15) is 6.61 Å². The molecule has 1 N–H and O–H groups in total. The molecule has 0 heterocycles. The van der Waals surface area contributed by atoms with Gasteiger partial charge in [0.25, 0.3) is 0 Å². The van der Waals surface area contributed by atoms with E-state index < -0.39 is 0 Å². The Labute approximate surface area is 79.1 Å². The first kappa shape index (κ1) is 10.2. The van der Waals surface area contributed by atoms with Gasteiger partial charge in [-0.25, -0.2) is 4.89 Å². The maximum atomic E-state index is 8.36. The number of hydrogen-bond acceptors (Lipinski definition) is 2. The van der Waals surface area contributed by atoms with Crippen LogP contribution in [0.5, 0.6) is 0 Å². The summed E-state index contributed by atoms with van der Waals surface area (Å²) in [5.74, 6) is 0. The Balaban J connectivity index is 3.07. The molecule has 0 radical (unpaired) electrons. The lowest BCUT2D eigenvalue weighted by Gasteiger charge is -2.10. The van der Waals surface area contributed by atoms with Crippen LogP contribution < -0.4 is 0 Å². The van der Waals surface area contributed by atoms with Crippen LogP contribution in [0, 0.1) is 13.8 Å². The third kappa shape index (κ3) is 2.08. The molecule has 1 rings (SSSR count). The van der Waals surface area contributed by atoms with Crippen LogP contribution in [-0.2, 0) is 17.9 Å². The van der Waals surface area contributed by atoms with Crippen molar-refractivity contribution in [1.82, 2.24) is 0 Å². The van der Waals surface area contributed by atoms with Gasteiger partial charge in [0.05, 0.1) is 0 Å². The zero-order valence-corrected chi connectivity index (χ0v) is 8.42. The second-order valence-corrected chi connectivity index (χ2v) is 3.26. The lowest BCUT2D eigenvalue weighted by Crippen LogP contribution is -1.97. The van der Waals surface area contributed by atoms with E-state index in [0.29, 0.717) is 0 Å². The van der Waals surface area contributed by atoms with Gasteiger partial charge in [0, 0.05) is 0 Å². The summed E-state index contributed by atoms with van der Waals surface area (Å²) in [5.41, 5.74) is 4.93. The van der Waals surface area contributed by atoms with E-state index >= 15 is 0 Å². The van der Waals surface area contributed by atoms with E-state index in [1.807, 2.05) is 6.07 Å². The Kier molecular flexibility index (Phi) is 3.46. The van der Waals surface area contributed by atoms with Crippen LogP contribution in [0.15, 0.2) is 12.1 Å². The van der Waals surface area contributed by atoms with Crippen molar-refractivity contribution in [3.8, 4) is 0 Å². The summed E-state index contributed by atoms with van der Waals surface area (Å²) >= 11 is 0. The average Bonchev–Trinajstić information content (AvgIpc) is 2.14. The molecular formula is C11H16O2. The summed E-state index contributed by atoms with van der Waals surface area (Å²) < 4.78 is 0. The summed E-state index contributed by atoms with van der Waals surface area (Å²) in [6.45, 7) is 6.58. The van der Waals surface area contributed by atoms with E-state index in [4.69, 9.17) is 5.26 Å². The molecule has 2 heteroatoms. The van der Waals surface area contributed by atoms with Gasteiger partial charge < -0.3 is 0 Å². The van der Waals surface area contributed by atoms with E-state index in [1.54, 1.807) is 0 Å². The Morgan fingerprint density at radius 2 is 1.69 bits per heavy atom. The largest absolute Gasteiger partial charge is 0.251 e. The average molecular weight is 180 g/mol. The molecule has 0 atom stereocenters. The fraction of sp³-hybridized carbons (Fsp3) is 0.455. The zero-order chi connectivity index (χ0) is 9.84. The maximum absolute atomic E-state index is 8.36. The number of aryl methyl sites for hydroxylation is 1. The highest BCUT2D eigenvalue weighted by atomic mass is 17.1. The minimum absolute atomic E-state index is 0.274. The van der Waals surface area contributed by atoms with Gasteiger partial charge in [-0.2, -0.15) is 0 Å². The molecular weight excluding hydrogens is 164 g/mol. The predicted molar refractivity (Wildman–Crippen MR) is 52.7 cm³/mol. The monoisotopic (exact) mass is 180 g/mol. The molecule has 0 aliphatic rings. The SMILES string of the molecule is CCc1ccc(COO)c(C)c1C. The summed E-state index contributed by atoms with van der Waals surface area (Å²) in [7, 11) is 0. The minimum atomic E-state index is 0.274. The van der Waals surface area contributed by atoms with Crippen molar-refractivity contribution in [3.63, 3.8) is 0 Å². The predicted octanol–water partition coefficient (Wildman–Crippen LogP) is 2.86. The van der Waals surface area contributed by atoms with E-state index in [9.17, 15) is 0 Å². The lowest BCUT2D eigenvalue weighted by atomic mass is 9.97. The van der Waals surface area contributed by atoms with Gasteiger partial charge in [-0.05, 0) is 42.5 Å². The van der Waals surface area contributed by atoms with Crippen molar-refractivity contribution >= 4 is 0 Å². The molecule has 0 amide bonds. The fourth-order valence-electron chi connectivity index (χ4n) is 1.54. The second-order valence-electron chi connectivity index (χ2n) is 3.26. The van der Waals surface area contributed by atoms with Crippen LogP contribution in [0.1, 0.15) is 29.2 Å². The van der Waals surface area contributed by atoms with Crippen LogP contribution in [0.2, 0.25) is 0 Å². The third-order valence-corrected chi connectivity index (χ3v) is 2.61. The highest BCUT2D eigenvalue weighted by molar-refractivity contribution is 5.39. The molecule has 0 saturated carbocycles. The van der Waals surface area contributed by atoms with Crippen LogP contribution in [0.25, 0.3) is 0 Å². The fourth-order valence-corrected chi connectivity index (χ4v) is 1.54. The van der Waals surface area contributed by atoms with Crippen LogP contribution in [0.4, 0.5) is 0 Å². The van der Waals surface area contributed by atoms with Gasteiger partial charge in [-0.3, -0.25) is 5.26 Å². The third-order valence-electron chi connectivity index (χ3n) is 2.61. The van der Waals surface area contributed by atoms with Gasteiger partial charge in [0.15, 0.2) is 0 Å². The van der Waals surface area contributed by atoms with Crippen molar-refractivity contribution in [1.29, 1.82) is 0 Å². The Bertz CT molecular complexity index is 292. The van der Waals surface area contributed by atoms with Gasteiger partial charge in [-0.15, -0.1) is 0 Å². The van der Waals surface area contributed by atoms with E-state index in [-0.39, 0.29) is 6.61 Å². The van der Waals surface area contributed by atoms with Crippen molar-refractivity contribution in [2.45, 2.75) is 33.8 Å². The first-order valence-electron chi connectivity index (χ1n) is 4.55. The first-order chi connectivity index (χ1) is 6.20. The topological polar surface area (TPSA) is 29.5 Å². The zero-order valence-electron chi connectivity index (χ0n) is 8.42. The molecule has 0 fully saturated rings. The number of hydrogen-bond donors (Lipinski definition) is 1. The van der Waals surface area contributed by atoms with Gasteiger partial charge in [0.2, 0.25) is 0 Å². The molecule has 1 aromatic carbocycles. The van der Waals surface area contributed by atoms with E-state index in [2.05, 4.69) is 31.7 Å². The number of rotatable bonds is 3. The molecule has 0 spiro atoms. The molecule has 0 aliphatic heterocycles. The second kappa shape index (κ2) is 4.40. The van der Waals surface area contributed by atoms with E-state index in [1.165, 1.54) is 16.7 Å². The minimum Gasteiger partial charge on any atom is -0.251 e.